The second kappa shape index (κ2) is 9.11. The van der Waals surface area contributed by atoms with Gasteiger partial charge >= 0.3 is 0 Å². The van der Waals surface area contributed by atoms with Crippen molar-refractivity contribution in [3.05, 3.63) is 35.9 Å². The Morgan fingerprint density at radius 3 is 2.71 bits per heavy atom. The fourth-order valence-corrected chi connectivity index (χ4v) is 2.83. The van der Waals surface area contributed by atoms with E-state index >= 15 is 0 Å². The Kier molecular flexibility index (Phi) is 6.58. The lowest BCUT2D eigenvalue weighted by Crippen LogP contribution is -2.38. The van der Waals surface area contributed by atoms with Crippen LogP contribution in [0.4, 0.5) is 14.7 Å². The Bertz CT molecular complexity index is 832. The lowest BCUT2D eigenvalue weighted by atomic mass is 10.2. The molecule has 1 aromatic heterocycles. The molecule has 1 aromatic carbocycles. The number of rotatable bonds is 7. The van der Waals surface area contributed by atoms with E-state index in [4.69, 9.17) is 15.2 Å². The Morgan fingerprint density at radius 1 is 1.36 bits per heavy atom. The van der Waals surface area contributed by atoms with Gasteiger partial charge in [-0.25, -0.2) is 13.5 Å². The van der Waals surface area contributed by atoms with E-state index in [1.807, 2.05) is 13.8 Å². The van der Waals surface area contributed by atoms with Gasteiger partial charge in [-0.05, 0) is 26.0 Å². The molecule has 2 aromatic rings. The molecule has 1 fully saturated rings. The highest BCUT2D eigenvalue weighted by atomic mass is 19.1. The first-order valence-electron chi connectivity index (χ1n) is 9.23. The summed E-state index contributed by atoms with van der Waals surface area (Å²) in [4.78, 5) is 6.67. The summed E-state index contributed by atoms with van der Waals surface area (Å²) in [5, 5.41) is 4.51. The number of ether oxygens (including phenoxy) is 2. The van der Waals surface area contributed by atoms with Crippen LogP contribution in [0.3, 0.4) is 0 Å². The smallest absolute Gasteiger partial charge is 0.224 e. The highest BCUT2D eigenvalue weighted by molar-refractivity contribution is 5.59. The van der Waals surface area contributed by atoms with Crippen LogP contribution in [0.5, 0.6) is 5.75 Å². The van der Waals surface area contributed by atoms with Crippen LogP contribution in [0.1, 0.15) is 19.9 Å². The van der Waals surface area contributed by atoms with Crippen LogP contribution < -0.4 is 15.4 Å². The van der Waals surface area contributed by atoms with Gasteiger partial charge in [-0.1, -0.05) is 0 Å². The molecule has 0 radical (unpaired) electrons. The van der Waals surface area contributed by atoms with Gasteiger partial charge in [0, 0.05) is 31.3 Å². The van der Waals surface area contributed by atoms with Crippen molar-refractivity contribution in [2.45, 2.75) is 19.9 Å². The van der Waals surface area contributed by atoms with Crippen molar-refractivity contribution in [1.29, 1.82) is 0 Å². The highest BCUT2D eigenvalue weighted by Crippen LogP contribution is 2.28. The zero-order valence-corrected chi connectivity index (χ0v) is 16.1. The maximum atomic E-state index is 14.7. The summed E-state index contributed by atoms with van der Waals surface area (Å²) in [6.45, 7) is 6.69. The molecule has 1 saturated heterocycles. The normalized spacial score (nSPS) is 15.4. The average Bonchev–Trinajstić information content (AvgIpc) is 3.15. The first-order valence-corrected chi connectivity index (χ1v) is 9.23. The second-order valence-corrected chi connectivity index (χ2v) is 6.77. The van der Waals surface area contributed by atoms with Crippen LogP contribution >= 0.6 is 0 Å². The Balaban J connectivity index is 1.84. The van der Waals surface area contributed by atoms with Crippen LogP contribution in [-0.4, -0.2) is 54.2 Å². The van der Waals surface area contributed by atoms with Gasteiger partial charge in [0.25, 0.3) is 0 Å². The number of aromatic nitrogens is 3. The van der Waals surface area contributed by atoms with E-state index in [1.165, 1.54) is 6.07 Å². The molecule has 3 rings (SSSR count). The molecule has 0 aliphatic carbocycles. The van der Waals surface area contributed by atoms with Gasteiger partial charge in [-0.15, -0.1) is 5.10 Å². The van der Waals surface area contributed by atoms with Crippen LogP contribution in [-0.2, 0) is 4.74 Å². The predicted molar refractivity (Wildman–Crippen MR) is 103 cm³/mol. The number of nitrogens with two attached hydrogens (primary N) is 1. The molecule has 0 spiro atoms. The summed E-state index contributed by atoms with van der Waals surface area (Å²) in [6, 6.07) is 4.49. The molecule has 9 heteroatoms. The fourth-order valence-electron chi connectivity index (χ4n) is 2.83. The Morgan fingerprint density at radius 2 is 2.11 bits per heavy atom. The molecule has 1 aliphatic rings. The van der Waals surface area contributed by atoms with E-state index < -0.39 is 5.82 Å². The van der Waals surface area contributed by atoms with Crippen LogP contribution in [0, 0.1) is 5.82 Å². The highest BCUT2D eigenvalue weighted by Gasteiger charge is 2.22. The van der Waals surface area contributed by atoms with Crippen LogP contribution in [0.25, 0.3) is 11.4 Å². The maximum Gasteiger partial charge on any atom is 0.224 e. The van der Waals surface area contributed by atoms with Crippen molar-refractivity contribution in [2.24, 2.45) is 5.73 Å². The Hall–Kier alpha value is -2.52. The van der Waals surface area contributed by atoms with Gasteiger partial charge < -0.3 is 20.1 Å². The minimum absolute atomic E-state index is 0.0345. The fraction of sp³-hybridized carbons (Fsp3) is 0.474. The maximum absolute atomic E-state index is 14.7. The SMILES string of the molecule is CC(C)n1nc(-c2ccc(OC/C(=C\F)CN)cc2F)nc1N1CCOCC1. The minimum atomic E-state index is -0.509. The number of anilines is 1. The third-order valence-electron chi connectivity index (χ3n) is 4.42. The molecule has 0 atom stereocenters. The van der Waals surface area contributed by atoms with Crippen molar-refractivity contribution in [1.82, 2.24) is 14.8 Å². The van der Waals surface area contributed by atoms with E-state index in [2.05, 4.69) is 15.0 Å². The summed E-state index contributed by atoms with van der Waals surface area (Å²) in [5.74, 6) is 0.787. The molecule has 2 N–H and O–H groups in total. The lowest BCUT2D eigenvalue weighted by Gasteiger charge is -2.28. The van der Waals surface area contributed by atoms with Crippen LogP contribution in [0.15, 0.2) is 30.1 Å². The molecule has 1 aliphatic heterocycles. The first kappa shape index (κ1) is 20.2. The molecule has 0 amide bonds. The van der Waals surface area contributed by atoms with Crippen molar-refractivity contribution in [3.8, 4) is 17.1 Å². The zero-order valence-electron chi connectivity index (χ0n) is 16.1. The van der Waals surface area contributed by atoms with E-state index in [9.17, 15) is 8.78 Å². The summed E-state index contributed by atoms with van der Waals surface area (Å²) in [5.41, 5.74) is 5.95. The topological polar surface area (TPSA) is 78.4 Å². The van der Waals surface area contributed by atoms with Gasteiger partial charge in [-0.3, -0.25) is 0 Å². The Labute approximate surface area is 162 Å². The van der Waals surface area contributed by atoms with Gasteiger partial charge in [0.1, 0.15) is 18.2 Å². The van der Waals surface area contributed by atoms with Gasteiger partial charge in [-0.2, -0.15) is 4.98 Å². The predicted octanol–water partition coefficient (Wildman–Crippen LogP) is 2.69. The quantitative estimate of drug-likeness (QED) is 0.779. The molecular weight excluding hydrogens is 368 g/mol. The molecule has 28 heavy (non-hydrogen) atoms. The molecule has 0 saturated carbocycles. The van der Waals surface area contributed by atoms with Crippen molar-refractivity contribution < 1.29 is 18.3 Å². The van der Waals surface area contributed by atoms with Crippen molar-refractivity contribution in [3.63, 3.8) is 0 Å². The number of nitrogens with zero attached hydrogens (tertiary/aromatic N) is 4. The third-order valence-corrected chi connectivity index (χ3v) is 4.42. The molecule has 0 bridgehead atoms. The lowest BCUT2D eigenvalue weighted by molar-refractivity contribution is 0.121. The average molecular weight is 393 g/mol. The molecule has 2 heterocycles. The molecule has 0 unspecified atom stereocenters. The van der Waals surface area contributed by atoms with Crippen molar-refractivity contribution in [2.75, 3.05) is 44.4 Å². The second-order valence-electron chi connectivity index (χ2n) is 6.77. The van der Waals surface area contributed by atoms with Gasteiger partial charge in [0.05, 0.1) is 31.1 Å². The first-order chi connectivity index (χ1) is 13.5. The molecular formula is C19H25F2N5O2. The number of benzene rings is 1. The summed E-state index contributed by atoms with van der Waals surface area (Å²) in [7, 11) is 0. The van der Waals surface area contributed by atoms with E-state index in [1.54, 1.807) is 16.8 Å². The van der Waals surface area contributed by atoms with E-state index in [-0.39, 0.29) is 36.1 Å². The zero-order chi connectivity index (χ0) is 20.1. The third kappa shape index (κ3) is 4.48. The van der Waals surface area contributed by atoms with Crippen LogP contribution in [0.2, 0.25) is 0 Å². The number of hydrogen-bond acceptors (Lipinski definition) is 6. The molecule has 7 nitrogen and oxygen atoms in total. The summed E-state index contributed by atoms with van der Waals surface area (Å²) in [6.07, 6.45) is 0.403. The summed E-state index contributed by atoms with van der Waals surface area (Å²) < 4.78 is 39.8. The number of halogens is 2. The standard InChI is InChI=1S/C19H25F2N5O2/c1-13(2)26-19(25-5-7-27-8-6-25)23-18(24-26)16-4-3-15(9-17(16)21)28-12-14(10-20)11-22/h3-4,9-10,13H,5-8,11-12,22H2,1-2H3/b14-10-. The number of hydrogen-bond donors (Lipinski definition) is 1. The van der Waals surface area contributed by atoms with Crippen molar-refractivity contribution >= 4 is 5.95 Å². The van der Waals surface area contributed by atoms with E-state index in [0.29, 0.717) is 44.4 Å². The largest absolute Gasteiger partial charge is 0.489 e. The minimum Gasteiger partial charge on any atom is -0.489 e. The summed E-state index contributed by atoms with van der Waals surface area (Å²) >= 11 is 0. The molecule has 152 valence electrons. The van der Waals surface area contributed by atoms with E-state index in [0.717, 1.165) is 0 Å². The number of morpholine rings is 1. The van der Waals surface area contributed by atoms with Gasteiger partial charge in [0.2, 0.25) is 5.95 Å². The van der Waals surface area contributed by atoms with Gasteiger partial charge in [0.15, 0.2) is 5.82 Å². The monoisotopic (exact) mass is 393 g/mol.